The van der Waals surface area contributed by atoms with Gasteiger partial charge in [0.05, 0.1) is 5.66 Å². The minimum absolute atomic E-state index is 0.485. The van der Waals surface area contributed by atoms with Crippen LogP contribution in [0.15, 0.2) is 0 Å². The maximum atomic E-state index is 11.8. The Bertz CT molecular complexity index is 296. The molecule has 3 unspecified atom stereocenters. The third-order valence-corrected chi connectivity index (χ3v) is 6.50. The Hall–Kier alpha value is 0.340. The minimum atomic E-state index is -3.94. The van der Waals surface area contributed by atoms with E-state index < -0.39 is 21.5 Å². The Kier molecular flexibility index (Phi) is 11.2. The zero-order chi connectivity index (χ0) is 14.7. The Morgan fingerprint density at radius 3 is 2.11 bits per heavy atom. The molecule has 116 valence electrons. The molecule has 3 atom stereocenters. The third-order valence-electron chi connectivity index (χ3n) is 3.28. The highest BCUT2D eigenvalue weighted by Crippen LogP contribution is 2.56. The van der Waals surface area contributed by atoms with Gasteiger partial charge in [0, 0.05) is 0 Å². The Morgan fingerprint density at radius 1 is 1.11 bits per heavy atom. The lowest BCUT2D eigenvalue weighted by Crippen LogP contribution is -2.08. The summed E-state index contributed by atoms with van der Waals surface area (Å²) < 4.78 is 26.6. The van der Waals surface area contributed by atoms with E-state index in [9.17, 15) is 14.0 Å². The second-order valence-corrected chi connectivity index (χ2v) is 8.01. The van der Waals surface area contributed by atoms with Crippen LogP contribution in [0.1, 0.15) is 71.6 Å². The number of unbranched alkanes of at least 4 members (excludes halogenated alkanes) is 6. The van der Waals surface area contributed by atoms with Gasteiger partial charge in [-0.3, -0.25) is 9.13 Å². The number of rotatable bonds is 12. The van der Waals surface area contributed by atoms with E-state index >= 15 is 0 Å². The van der Waals surface area contributed by atoms with Crippen LogP contribution in [0.3, 0.4) is 0 Å². The van der Waals surface area contributed by atoms with E-state index in [0.717, 1.165) is 19.3 Å². The van der Waals surface area contributed by atoms with Crippen molar-refractivity contribution in [3.63, 3.8) is 0 Å². The first kappa shape index (κ1) is 19.3. The Morgan fingerprint density at radius 2 is 1.63 bits per heavy atom. The molecule has 5 nitrogen and oxygen atoms in total. The highest BCUT2D eigenvalue weighted by Gasteiger charge is 2.32. The molecule has 0 spiro atoms. The molecule has 0 aromatic rings. The highest BCUT2D eigenvalue weighted by atomic mass is 31.2. The fourth-order valence-electron chi connectivity index (χ4n) is 2.12. The Balaban J connectivity index is 3.87. The SMILES string of the molecule is CCCCCCCCCC(CC)P(=O)(O)O[PH](=O)O. The molecule has 19 heavy (non-hydrogen) atoms. The monoisotopic (exact) mass is 314 g/mol. The van der Waals surface area contributed by atoms with Gasteiger partial charge in [-0.15, -0.1) is 0 Å². The van der Waals surface area contributed by atoms with Gasteiger partial charge in [0.2, 0.25) is 0 Å². The normalized spacial score (nSPS) is 17.9. The molecule has 0 radical (unpaired) electrons. The topological polar surface area (TPSA) is 83.8 Å². The third kappa shape index (κ3) is 9.81. The number of hydrogen-bond acceptors (Lipinski definition) is 3. The summed E-state index contributed by atoms with van der Waals surface area (Å²) in [6.45, 7) is 3.98. The van der Waals surface area contributed by atoms with Crippen LogP contribution in [0.5, 0.6) is 0 Å². The quantitative estimate of drug-likeness (QED) is 0.409. The van der Waals surface area contributed by atoms with Gasteiger partial charge in [-0.25, -0.2) is 4.31 Å². The van der Waals surface area contributed by atoms with E-state index in [2.05, 4.69) is 11.2 Å². The molecular formula is C12H28O5P2. The van der Waals surface area contributed by atoms with Gasteiger partial charge >= 0.3 is 15.9 Å². The molecule has 0 amide bonds. The molecule has 0 bridgehead atoms. The first-order chi connectivity index (χ1) is 8.94. The van der Waals surface area contributed by atoms with Crippen LogP contribution in [-0.4, -0.2) is 15.4 Å². The molecule has 0 rings (SSSR count). The van der Waals surface area contributed by atoms with Crippen molar-refractivity contribution in [2.24, 2.45) is 0 Å². The Labute approximate surface area is 117 Å². The summed E-state index contributed by atoms with van der Waals surface area (Å²) in [6.07, 6.45) is 9.06. The molecule has 2 N–H and O–H groups in total. The maximum Gasteiger partial charge on any atom is 0.338 e. The molecule has 0 fully saturated rings. The molecule has 0 aromatic carbocycles. The molecule has 7 heteroatoms. The highest BCUT2D eigenvalue weighted by molar-refractivity contribution is 7.60. The predicted molar refractivity (Wildman–Crippen MR) is 78.8 cm³/mol. The second-order valence-electron chi connectivity index (χ2n) is 4.89. The van der Waals surface area contributed by atoms with Gasteiger partial charge in [0.25, 0.3) is 0 Å². The fraction of sp³-hybridized carbons (Fsp3) is 1.00. The average molecular weight is 314 g/mol. The largest absolute Gasteiger partial charge is 0.338 e. The van der Waals surface area contributed by atoms with Crippen molar-refractivity contribution >= 4 is 15.9 Å². The molecule has 0 saturated carbocycles. The van der Waals surface area contributed by atoms with Crippen molar-refractivity contribution in [1.82, 2.24) is 0 Å². The average Bonchev–Trinajstić information content (AvgIpc) is 2.30. The summed E-state index contributed by atoms with van der Waals surface area (Å²) in [5.41, 5.74) is -0.524. The van der Waals surface area contributed by atoms with Crippen molar-refractivity contribution in [3.8, 4) is 0 Å². The van der Waals surface area contributed by atoms with Crippen molar-refractivity contribution in [2.75, 3.05) is 0 Å². The van der Waals surface area contributed by atoms with Crippen LogP contribution >= 0.6 is 15.9 Å². The van der Waals surface area contributed by atoms with Gasteiger partial charge in [0.15, 0.2) is 0 Å². The van der Waals surface area contributed by atoms with Crippen molar-refractivity contribution in [3.05, 3.63) is 0 Å². The van der Waals surface area contributed by atoms with Crippen molar-refractivity contribution in [1.29, 1.82) is 0 Å². The summed E-state index contributed by atoms with van der Waals surface area (Å²) in [5, 5.41) is 0. The van der Waals surface area contributed by atoms with Crippen LogP contribution in [0, 0.1) is 0 Å². The molecular weight excluding hydrogens is 286 g/mol. The molecule has 0 aliphatic heterocycles. The van der Waals surface area contributed by atoms with E-state index in [0.29, 0.717) is 12.8 Å². The van der Waals surface area contributed by atoms with Gasteiger partial charge in [-0.1, -0.05) is 58.8 Å². The van der Waals surface area contributed by atoms with Gasteiger partial charge in [0.1, 0.15) is 0 Å². The van der Waals surface area contributed by atoms with E-state index in [1.165, 1.54) is 25.7 Å². The van der Waals surface area contributed by atoms with Crippen LogP contribution < -0.4 is 0 Å². The molecule has 0 aromatic heterocycles. The van der Waals surface area contributed by atoms with Crippen LogP contribution in [0.25, 0.3) is 0 Å². The first-order valence-electron chi connectivity index (χ1n) is 7.19. The van der Waals surface area contributed by atoms with Gasteiger partial charge in [-0.2, -0.15) is 0 Å². The van der Waals surface area contributed by atoms with E-state index in [-0.39, 0.29) is 0 Å². The van der Waals surface area contributed by atoms with Gasteiger partial charge < -0.3 is 9.79 Å². The lowest BCUT2D eigenvalue weighted by molar-refractivity contribution is 0.334. The first-order valence-corrected chi connectivity index (χ1v) is 10.1. The van der Waals surface area contributed by atoms with Gasteiger partial charge in [-0.05, 0) is 12.8 Å². The minimum Gasteiger partial charge on any atom is -0.326 e. The zero-order valence-electron chi connectivity index (χ0n) is 12.0. The van der Waals surface area contributed by atoms with Crippen molar-refractivity contribution in [2.45, 2.75) is 77.3 Å². The molecule has 0 heterocycles. The van der Waals surface area contributed by atoms with E-state index in [1.54, 1.807) is 6.92 Å². The summed E-state index contributed by atoms with van der Waals surface area (Å²) in [7, 11) is -7.30. The fourth-order valence-corrected chi connectivity index (χ4v) is 4.58. The van der Waals surface area contributed by atoms with Crippen LogP contribution in [-0.2, 0) is 13.4 Å². The van der Waals surface area contributed by atoms with Crippen molar-refractivity contribution < 1.29 is 23.2 Å². The summed E-state index contributed by atoms with van der Waals surface area (Å²) in [4.78, 5) is 18.2. The molecule has 0 aliphatic carbocycles. The smallest absolute Gasteiger partial charge is 0.326 e. The van der Waals surface area contributed by atoms with E-state index in [4.69, 9.17) is 4.89 Å². The summed E-state index contributed by atoms with van der Waals surface area (Å²) in [5.74, 6) is 0. The summed E-state index contributed by atoms with van der Waals surface area (Å²) in [6, 6.07) is 0. The van der Waals surface area contributed by atoms with Crippen LogP contribution in [0.4, 0.5) is 0 Å². The van der Waals surface area contributed by atoms with Crippen LogP contribution in [0.2, 0.25) is 0 Å². The second kappa shape index (κ2) is 11.0. The standard InChI is InChI=1S/C12H28O5P2/c1-3-5-6-7-8-9-10-11-12(4-2)19(15,16)17-18(13)14/h12,18H,3-11H2,1-2H3,(H,13,14)(H,15,16). The summed E-state index contributed by atoms with van der Waals surface area (Å²) >= 11 is 0. The maximum absolute atomic E-state index is 11.8. The predicted octanol–water partition coefficient (Wildman–Crippen LogP) is 4.49. The lowest BCUT2D eigenvalue weighted by atomic mass is 10.1. The number of hydrogen-bond donors (Lipinski definition) is 2. The van der Waals surface area contributed by atoms with E-state index in [1.807, 2.05) is 0 Å². The lowest BCUT2D eigenvalue weighted by Gasteiger charge is -2.19. The molecule has 0 saturated heterocycles. The zero-order valence-corrected chi connectivity index (χ0v) is 13.9. The molecule has 0 aliphatic rings.